The van der Waals surface area contributed by atoms with E-state index in [4.69, 9.17) is 9.84 Å². The average molecular weight is 298 g/mol. The topological polar surface area (TPSA) is 58.9 Å². The summed E-state index contributed by atoms with van der Waals surface area (Å²) >= 11 is 3.46. The lowest BCUT2D eigenvalue weighted by Crippen LogP contribution is -2.07. The summed E-state index contributed by atoms with van der Waals surface area (Å²) in [4.78, 5) is 14.7. The molecule has 1 heterocycles. The molecule has 0 saturated heterocycles. The van der Waals surface area contributed by atoms with E-state index in [9.17, 15) is 4.79 Å². The Bertz CT molecular complexity index is 459. The zero-order valence-electron chi connectivity index (χ0n) is 9.10. The van der Waals surface area contributed by atoms with E-state index in [0.717, 1.165) is 10.0 Å². The fourth-order valence-corrected chi connectivity index (χ4v) is 2.21. The number of carboxylic acid groups (broad SMARTS) is 1. The molecule has 0 fully saturated rings. The number of hydrogen-bond donors (Lipinski definition) is 1. The number of carboxylic acids is 1. The minimum absolute atomic E-state index is 0.0571. The Labute approximate surface area is 107 Å². The SMILES string of the molecule is O=C(O)CCC1=NCC(c2ccccc2Br)O1. The molecule has 0 aromatic heterocycles. The Morgan fingerprint density at radius 1 is 1.53 bits per heavy atom. The zero-order chi connectivity index (χ0) is 12.3. The van der Waals surface area contributed by atoms with Crippen molar-refractivity contribution < 1.29 is 14.6 Å². The highest BCUT2D eigenvalue weighted by atomic mass is 79.9. The van der Waals surface area contributed by atoms with Crippen molar-refractivity contribution in [3.8, 4) is 0 Å². The van der Waals surface area contributed by atoms with Crippen LogP contribution in [0.1, 0.15) is 24.5 Å². The van der Waals surface area contributed by atoms with Gasteiger partial charge in [0.25, 0.3) is 0 Å². The number of carbonyl (C=O) groups is 1. The highest BCUT2D eigenvalue weighted by molar-refractivity contribution is 9.10. The monoisotopic (exact) mass is 297 g/mol. The number of halogens is 1. The quantitative estimate of drug-likeness (QED) is 0.930. The van der Waals surface area contributed by atoms with Gasteiger partial charge in [-0.2, -0.15) is 0 Å². The predicted molar refractivity (Wildman–Crippen MR) is 67.1 cm³/mol. The third kappa shape index (κ3) is 3.06. The maximum absolute atomic E-state index is 10.4. The summed E-state index contributed by atoms with van der Waals surface area (Å²) in [5, 5.41) is 8.58. The number of rotatable bonds is 4. The maximum atomic E-state index is 10.4. The van der Waals surface area contributed by atoms with Gasteiger partial charge >= 0.3 is 5.97 Å². The third-order valence-electron chi connectivity index (χ3n) is 2.52. The molecule has 17 heavy (non-hydrogen) atoms. The van der Waals surface area contributed by atoms with E-state index in [1.165, 1.54) is 0 Å². The molecule has 1 aliphatic rings. The molecule has 1 atom stereocenters. The van der Waals surface area contributed by atoms with Gasteiger partial charge in [0.2, 0.25) is 0 Å². The van der Waals surface area contributed by atoms with Crippen LogP contribution in [0.3, 0.4) is 0 Å². The van der Waals surface area contributed by atoms with Crippen LogP contribution < -0.4 is 0 Å². The molecule has 4 nitrogen and oxygen atoms in total. The molecular weight excluding hydrogens is 286 g/mol. The smallest absolute Gasteiger partial charge is 0.303 e. The number of benzene rings is 1. The number of aliphatic imine (C=N–C) groups is 1. The van der Waals surface area contributed by atoms with E-state index in [2.05, 4.69) is 20.9 Å². The summed E-state index contributed by atoms with van der Waals surface area (Å²) in [7, 11) is 0. The minimum atomic E-state index is -0.833. The van der Waals surface area contributed by atoms with Gasteiger partial charge in [0.05, 0.1) is 13.0 Å². The Hall–Kier alpha value is -1.36. The molecule has 0 amide bonds. The fourth-order valence-electron chi connectivity index (χ4n) is 1.67. The van der Waals surface area contributed by atoms with Crippen molar-refractivity contribution in [2.75, 3.05) is 6.54 Å². The Morgan fingerprint density at radius 3 is 3.00 bits per heavy atom. The molecule has 1 unspecified atom stereocenters. The van der Waals surface area contributed by atoms with Crippen LogP contribution in [0.5, 0.6) is 0 Å². The van der Waals surface area contributed by atoms with Crippen molar-refractivity contribution in [1.82, 2.24) is 0 Å². The van der Waals surface area contributed by atoms with Crippen LogP contribution in [0.25, 0.3) is 0 Å². The zero-order valence-corrected chi connectivity index (χ0v) is 10.7. The normalized spacial score (nSPS) is 18.6. The molecule has 0 radical (unpaired) electrons. The van der Waals surface area contributed by atoms with Gasteiger partial charge in [-0.3, -0.25) is 9.79 Å². The first-order valence-corrected chi connectivity index (χ1v) is 6.12. The summed E-state index contributed by atoms with van der Waals surface area (Å²) in [5.74, 6) is -0.297. The van der Waals surface area contributed by atoms with Crippen molar-refractivity contribution in [2.45, 2.75) is 18.9 Å². The second kappa shape index (κ2) is 5.31. The maximum Gasteiger partial charge on any atom is 0.303 e. The number of hydrogen-bond acceptors (Lipinski definition) is 3. The molecular formula is C12H12BrNO3. The molecule has 5 heteroatoms. The van der Waals surface area contributed by atoms with Crippen LogP contribution in [0.4, 0.5) is 0 Å². The molecule has 0 bridgehead atoms. The van der Waals surface area contributed by atoms with Crippen LogP contribution in [0.15, 0.2) is 33.7 Å². The Kier molecular flexibility index (Phi) is 3.78. The standard InChI is InChI=1S/C12H12BrNO3/c13-9-4-2-1-3-8(9)10-7-14-11(17-10)5-6-12(15)16/h1-4,10H,5-7H2,(H,15,16). The first kappa shape index (κ1) is 12.1. The van der Waals surface area contributed by atoms with Crippen LogP contribution >= 0.6 is 15.9 Å². The second-order valence-electron chi connectivity index (χ2n) is 3.76. The van der Waals surface area contributed by atoms with Crippen molar-refractivity contribution in [3.05, 3.63) is 34.3 Å². The van der Waals surface area contributed by atoms with E-state index >= 15 is 0 Å². The summed E-state index contributed by atoms with van der Waals surface area (Å²) < 4.78 is 6.62. The van der Waals surface area contributed by atoms with Gasteiger partial charge in [0, 0.05) is 16.5 Å². The number of nitrogens with zero attached hydrogens (tertiary/aromatic N) is 1. The van der Waals surface area contributed by atoms with Crippen molar-refractivity contribution >= 4 is 27.8 Å². The van der Waals surface area contributed by atoms with Crippen LogP contribution in [-0.4, -0.2) is 23.5 Å². The lowest BCUT2D eigenvalue weighted by molar-refractivity contribution is -0.136. The molecule has 1 N–H and O–H groups in total. The van der Waals surface area contributed by atoms with E-state index in [1.807, 2.05) is 24.3 Å². The number of aliphatic carboxylic acids is 1. The van der Waals surface area contributed by atoms with Gasteiger partial charge in [-0.05, 0) is 6.07 Å². The van der Waals surface area contributed by atoms with E-state index in [0.29, 0.717) is 18.9 Å². The summed E-state index contributed by atoms with van der Waals surface area (Å²) in [6.45, 7) is 0.553. The van der Waals surface area contributed by atoms with Gasteiger partial charge < -0.3 is 9.84 Å². The molecule has 1 aromatic rings. The molecule has 0 spiro atoms. The van der Waals surface area contributed by atoms with Gasteiger partial charge in [-0.1, -0.05) is 34.1 Å². The summed E-state index contributed by atoms with van der Waals surface area (Å²) in [5.41, 5.74) is 1.04. The van der Waals surface area contributed by atoms with E-state index in [1.54, 1.807) is 0 Å². The molecule has 0 saturated carbocycles. The van der Waals surface area contributed by atoms with E-state index < -0.39 is 5.97 Å². The van der Waals surface area contributed by atoms with Crippen molar-refractivity contribution in [1.29, 1.82) is 0 Å². The van der Waals surface area contributed by atoms with Crippen molar-refractivity contribution in [2.24, 2.45) is 4.99 Å². The van der Waals surface area contributed by atoms with Gasteiger partial charge in [0.15, 0.2) is 5.90 Å². The number of ether oxygens (including phenoxy) is 1. The van der Waals surface area contributed by atoms with E-state index in [-0.39, 0.29) is 12.5 Å². The van der Waals surface area contributed by atoms with Crippen molar-refractivity contribution in [3.63, 3.8) is 0 Å². The Morgan fingerprint density at radius 2 is 2.29 bits per heavy atom. The summed E-state index contributed by atoms with van der Waals surface area (Å²) in [6.07, 6.45) is 0.312. The predicted octanol–water partition coefficient (Wildman–Crippen LogP) is 2.78. The lowest BCUT2D eigenvalue weighted by Gasteiger charge is -2.12. The van der Waals surface area contributed by atoms with Crippen LogP contribution in [0, 0.1) is 0 Å². The molecule has 2 rings (SSSR count). The molecule has 1 aromatic carbocycles. The molecule has 1 aliphatic heterocycles. The van der Waals surface area contributed by atoms with Crippen LogP contribution in [-0.2, 0) is 9.53 Å². The Balaban J connectivity index is 1.96. The highest BCUT2D eigenvalue weighted by Crippen LogP contribution is 2.29. The van der Waals surface area contributed by atoms with Gasteiger partial charge in [-0.25, -0.2) is 0 Å². The second-order valence-corrected chi connectivity index (χ2v) is 4.61. The minimum Gasteiger partial charge on any atom is -0.481 e. The largest absolute Gasteiger partial charge is 0.481 e. The lowest BCUT2D eigenvalue weighted by atomic mass is 10.1. The highest BCUT2D eigenvalue weighted by Gasteiger charge is 2.23. The average Bonchev–Trinajstić information content (AvgIpc) is 2.75. The first-order valence-electron chi connectivity index (χ1n) is 5.33. The van der Waals surface area contributed by atoms with Crippen LogP contribution in [0.2, 0.25) is 0 Å². The van der Waals surface area contributed by atoms with Gasteiger partial charge in [-0.15, -0.1) is 0 Å². The first-order chi connectivity index (χ1) is 8.16. The fraction of sp³-hybridized carbons (Fsp3) is 0.333. The summed E-state index contributed by atoms with van der Waals surface area (Å²) in [6, 6.07) is 7.81. The molecule has 90 valence electrons. The third-order valence-corrected chi connectivity index (χ3v) is 3.24. The molecule has 0 aliphatic carbocycles. The van der Waals surface area contributed by atoms with Gasteiger partial charge in [0.1, 0.15) is 6.10 Å².